The molecule has 0 aliphatic rings. The summed E-state index contributed by atoms with van der Waals surface area (Å²) in [5, 5.41) is 0. The Morgan fingerprint density at radius 2 is 0.762 bits per heavy atom. The first-order valence-electron chi connectivity index (χ1n) is 5.53. The summed E-state index contributed by atoms with van der Waals surface area (Å²) in [7, 11) is -18.0. The van der Waals surface area contributed by atoms with Gasteiger partial charge in [-0.2, -0.15) is 0 Å². The van der Waals surface area contributed by atoms with Crippen LogP contribution < -0.4 is 0 Å². The maximum Gasteiger partial charge on any atom is 0.673 e. The molecule has 0 spiro atoms. The number of rotatable bonds is 3. The summed E-state index contributed by atoms with van der Waals surface area (Å²) in [6.45, 7) is 2.25. The van der Waals surface area contributed by atoms with Crippen molar-refractivity contribution in [2.75, 3.05) is 0 Å². The van der Waals surface area contributed by atoms with Crippen LogP contribution in [0.15, 0.2) is 0 Å². The van der Waals surface area contributed by atoms with Gasteiger partial charge in [-0.05, 0) is 0 Å². The van der Waals surface area contributed by atoms with Crippen molar-refractivity contribution in [3.8, 4) is 0 Å². The molecule has 0 aliphatic heterocycles. The second-order valence-electron chi connectivity index (χ2n) is 3.19. The van der Waals surface area contributed by atoms with Crippen LogP contribution in [0.1, 0.15) is 26.2 Å². The standard InChI is InChI=1S/C5H11.3BF4.Na/c1-3-5-4-2;3*2-1(3,4)5;/h1,3-5H2,2H3;;;;/q;3*-1;. The molecule has 21 heavy (non-hydrogen) atoms. The number of unbranched alkanes of at least 4 members (excludes halogenated alkanes) is 2. The van der Waals surface area contributed by atoms with Crippen LogP contribution in [0.3, 0.4) is 0 Å². The average Bonchev–Trinajstić information content (AvgIpc) is 2.06. The fourth-order valence-corrected chi connectivity index (χ4v) is 1.000. The van der Waals surface area contributed by atoms with E-state index < -0.39 is 21.8 Å². The van der Waals surface area contributed by atoms with Gasteiger partial charge in [0.25, 0.3) is 0 Å². The summed E-state index contributed by atoms with van der Waals surface area (Å²) < 4.78 is 118. The molecule has 0 rings (SSSR count). The van der Waals surface area contributed by atoms with Crippen LogP contribution >= 0.6 is 0 Å². The zero-order chi connectivity index (χ0) is 18.3. The Hall–Kier alpha value is 0.355. The second kappa shape index (κ2) is 15.3. The summed E-state index contributed by atoms with van der Waals surface area (Å²) in [5.74, 6) is 0. The van der Waals surface area contributed by atoms with Crippen molar-refractivity contribution in [2.45, 2.75) is 29.9 Å². The molecule has 0 heterocycles. The van der Waals surface area contributed by atoms with E-state index in [0.717, 1.165) is 0 Å². The van der Waals surface area contributed by atoms with E-state index in [-0.39, 0.29) is 0 Å². The van der Waals surface area contributed by atoms with Crippen molar-refractivity contribution in [1.29, 1.82) is 0 Å². The first-order chi connectivity index (χ1) is 8.91. The van der Waals surface area contributed by atoms with Crippen molar-refractivity contribution in [3.05, 3.63) is 0 Å². The molecule has 0 aliphatic carbocycles. The molecule has 0 bridgehead atoms. The minimum atomic E-state index is -6.00. The summed E-state index contributed by atoms with van der Waals surface area (Å²) in [5.41, 5.74) is 0. The first-order valence-corrected chi connectivity index (χ1v) is 6.95. The minimum absolute atomic E-state index is 1.38. The minimum Gasteiger partial charge on any atom is -0.418 e. The Morgan fingerprint density at radius 3 is 0.810 bits per heavy atom. The summed E-state index contributed by atoms with van der Waals surface area (Å²) in [4.78, 5) is 0. The monoisotopic (exact) mass is 355 g/mol. The molecule has 16 heteroatoms. The summed E-state index contributed by atoms with van der Waals surface area (Å²) in [6.07, 6.45) is 4.30. The molecule has 0 aromatic carbocycles. The van der Waals surface area contributed by atoms with Gasteiger partial charge in [0.15, 0.2) is 0 Å². The predicted molar refractivity (Wildman–Crippen MR) is 60.6 cm³/mol. The molecule has 0 saturated carbocycles. The van der Waals surface area contributed by atoms with Crippen LogP contribution in [0, 0.1) is 0 Å². The Morgan fingerprint density at radius 1 is 0.571 bits per heavy atom. The molecule has 0 N–H and O–H groups in total. The SMILES string of the molecule is CCCC[CH2][Na].F[B-](F)(F)F.F[B-](F)(F)F.F[B-](F)(F)F. The molecule has 0 aromatic rings. The molecular formula is C5H11B3F12Na-3. The van der Waals surface area contributed by atoms with Gasteiger partial charge in [-0.25, -0.2) is 0 Å². The Balaban J connectivity index is -0.0000000921. The van der Waals surface area contributed by atoms with Crippen molar-refractivity contribution < 1.29 is 51.8 Å². The maximum absolute atomic E-state index is 9.75. The normalized spacial score (nSPS) is 11.2. The first kappa shape index (κ1) is 29.4. The van der Waals surface area contributed by atoms with Gasteiger partial charge in [-0.15, -0.1) is 0 Å². The van der Waals surface area contributed by atoms with E-state index in [2.05, 4.69) is 6.92 Å². The van der Waals surface area contributed by atoms with E-state index >= 15 is 0 Å². The van der Waals surface area contributed by atoms with Crippen molar-refractivity contribution in [2.24, 2.45) is 0 Å². The quantitative estimate of drug-likeness (QED) is 0.348. The van der Waals surface area contributed by atoms with Crippen LogP contribution in [0.2, 0.25) is 3.67 Å². The number of halogens is 12. The van der Waals surface area contributed by atoms with Crippen molar-refractivity contribution in [3.63, 3.8) is 0 Å². The zero-order valence-corrected chi connectivity index (χ0v) is 13.1. The van der Waals surface area contributed by atoms with Crippen LogP contribution in [-0.4, -0.2) is 49.7 Å². The van der Waals surface area contributed by atoms with Crippen LogP contribution in [-0.2, 0) is 0 Å². The number of hydrogen-bond acceptors (Lipinski definition) is 0. The fraction of sp³-hybridized carbons (Fsp3) is 1.00. The topological polar surface area (TPSA) is 0 Å². The second-order valence-corrected chi connectivity index (χ2v) is 4.19. The molecule has 0 aromatic heterocycles. The third-order valence-electron chi connectivity index (χ3n) is 0.957. The Labute approximate surface area is 131 Å². The third-order valence-corrected chi connectivity index (χ3v) is 1.66. The van der Waals surface area contributed by atoms with Crippen LogP contribution in [0.4, 0.5) is 51.8 Å². The maximum atomic E-state index is 9.75. The average molecular weight is 355 g/mol. The molecule has 0 amide bonds. The van der Waals surface area contributed by atoms with Gasteiger partial charge in [0.1, 0.15) is 0 Å². The van der Waals surface area contributed by atoms with E-state index in [4.69, 9.17) is 0 Å². The predicted octanol–water partition coefficient (Wildman–Crippen LogP) is 5.66. The van der Waals surface area contributed by atoms with Crippen molar-refractivity contribution >= 4 is 49.7 Å². The van der Waals surface area contributed by atoms with E-state index in [9.17, 15) is 51.8 Å². The summed E-state index contributed by atoms with van der Waals surface area (Å²) >= 11 is 1.40. The van der Waals surface area contributed by atoms with E-state index in [1.54, 1.807) is 0 Å². The van der Waals surface area contributed by atoms with E-state index in [1.165, 1.54) is 50.9 Å². The van der Waals surface area contributed by atoms with E-state index in [1.807, 2.05) is 0 Å². The van der Waals surface area contributed by atoms with E-state index in [0.29, 0.717) is 0 Å². The van der Waals surface area contributed by atoms with Gasteiger partial charge in [0, 0.05) is 0 Å². The van der Waals surface area contributed by atoms with Crippen LogP contribution in [0.25, 0.3) is 0 Å². The van der Waals surface area contributed by atoms with Crippen LogP contribution in [0.5, 0.6) is 0 Å². The summed E-state index contributed by atoms with van der Waals surface area (Å²) in [6, 6.07) is 0. The molecule has 0 saturated heterocycles. The molecule has 0 nitrogen and oxygen atoms in total. The van der Waals surface area contributed by atoms with Crippen molar-refractivity contribution in [1.82, 2.24) is 0 Å². The Kier molecular flexibility index (Phi) is 21.3. The molecule has 0 atom stereocenters. The Bertz CT molecular complexity index is 150. The van der Waals surface area contributed by atoms with Gasteiger partial charge < -0.3 is 51.8 Å². The molecule has 0 unspecified atom stereocenters. The number of hydrogen-bond donors (Lipinski definition) is 0. The molecule has 0 fully saturated rings. The third kappa shape index (κ3) is 609. The fourth-order valence-electron chi connectivity index (χ4n) is 0.500. The van der Waals surface area contributed by atoms with Gasteiger partial charge in [-0.3, -0.25) is 0 Å². The van der Waals surface area contributed by atoms with Gasteiger partial charge >= 0.3 is 79.6 Å². The zero-order valence-electron chi connectivity index (χ0n) is 11.1. The smallest absolute Gasteiger partial charge is 0.418 e. The largest absolute Gasteiger partial charge is 0.673 e. The molecule has 0 radical (unpaired) electrons. The van der Waals surface area contributed by atoms with Gasteiger partial charge in [-0.1, -0.05) is 0 Å². The van der Waals surface area contributed by atoms with Gasteiger partial charge in [0.05, 0.1) is 0 Å². The molecule has 128 valence electrons. The van der Waals surface area contributed by atoms with Gasteiger partial charge in [0.2, 0.25) is 0 Å². The molecular weight excluding hydrogens is 343 g/mol.